The van der Waals surface area contributed by atoms with E-state index < -0.39 is 27.7 Å². The molecule has 6 nitrogen and oxygen atoms in total. The lowest BCUT2D eigenvalue weighted by atomic mass is 10.1. The van der Waals surface area contributed by atoms with Crippen molar-refractivity contribution >= 4 is 39.7 Å². The summed E-state index contributed by atoms with van der Waals surface area (Å²) in [6, 6.07) is 2.35. The van der Waals surface area contributed by atoms with Gasteiger partial charge in [0.05, 0.1) is 23.2 Å². The zero-order valence-electron chi connectivity index (χ0n) is 12.1. The monoisotopic (exact) mass is 375 g/mol. The zero-order valence-corrected chi connectivity index (χ0v) is 13.7. The highest BCUT2D eigenvalue weighted by Crippen LogP contribution is 2.34. The second-order valence-electron chi connectivity index (χ2n) is 4.57. The van der Waals surface area contributed by atoms with Gasteiger partial charge in [-0.1, -0.05) is 0 Å². The third-order valence-corrected chi connectivity index (χ3v) is 3.12. The molecule has 0 aliphatic carbocycles. The maximum absolute atomic E-state index is 12.7. The van der Waals surface area contributed by atoms with Crippen LogP contribution in [-0.4, -0.2) is 27.1 Å². The van der Waals surface area contributed by atoms with Crippen molar-refractivity contribution in [2.45, 2.75) is 19.0 Å². The molecular weight excluding hydrogens is 359 g/mol. The van der Waals surface area contributed by atoms with E-state index in [0.717, 1.165) is 18.4 Å². The summed E-state index contributed by atoms with van der Waals surface area (Å²) in [5, 5.41) is 2.26. The number of hydrogen-bond donors (Lipinski definition) is 3. The number of hydrogen-bond acceptors (Lipinski definition) is 4. The van der Waals surface area contributed by atoms with Crippen LogP contribution in [0.1, 0.15) is 18.4 Å². The van der Waals surface area contributed by atoms with E-state index in [4.69, 9.17) is 5.73 Å². The zero-order chi connectivity index (χ0) is 17.0. The number of carbonyl (C=O) groups excluding carboxylic acids is 1. The molecule has 0 saturated carbocycles. The van der Waals surface area contributed by atoms with E-state index in [-0.39, 0.29) is 36.7 Å². The average Bonchev–Trinajstić information content (AvgIpc) is 2.35. The van der Waals surface area contributed by atoms with Crippen LogP contribution in [0.2, 0.25) is 0 Å². The maximum atomic E-state index is 12.7. The average molecular weight is 376 g/mol. The number of carbonyl (C=O) groups is 1. The van der Waals surface area contributed by atoms with Crippen LogP contribution in [0, 0.1) is 0 Å². The Hall–Kier alpha value is -1.52. The molecule has 11 heteroatoms. The summed E-state index contributed by atoms with van der Waals surface area (Å²) < 4.78 is 62.6. The first-order valence-electron chi connectivity index (χ1n) is 6.22. The van der Waals surface area contributed by atoms with Crippen molar-refractivity contribution in [3.63, 3.8) is 0 Å². The highest BCUT2D eigenvalue weighted by molar-refractivity contribution is 7.92. The Morgan fingerprint density at radius 1 is 1.26 bits per heavy atom. The first-order valence-corrected chi connectivity index (χ1v) is 8.11. The van der Waals surface area contributed by atoms with Gasteiger partial charge in [0.15, 0.2) is 0 Å². The largest absolute Gasteiger partial charge is 0.416 e. The van der Waals surface area contributed by atoms with Crippen molar-refractivity contribution in [1.82, 2.24) is 0 Å². The van der Waals surface area contributed by atoms with Crippen molar-refractivity contribution in [2.75, 3.05) is 22.8 Å². The van der Waals surface area contributed by atoms with E-state index in [2.05, 4.69) is 10.0 Å². The number of nitrogens with one attached hydrogen (secondary N) is 2. The number of alkyl halides is 3. The van der Waals surface area contributed by atoms with E-state index in [1.54, 1.807) is 0 Å². The van der Waals surface area contributed by atoms with Crippen molar-refractivity contribution < 1.29 is 26.4 Å². The van der Waals surface area contributed by atoms with E-state index in [0.29, 0.717) is 12.5 Å². The second kappa shape index (κ2) is 8.37. The van der Waals surface area contributed by atoms with Gasteiger partial charge in [-0.15, -0.1) is 12.4 Å². The minimum Gasteiger partial charge on any atom is -0.330 e. The number of amides is 1. The molecule has 1 aromatic carbocycles. The predicted octanol–water partition coefficient (Wildman–Crippen LogP) is 2.18. The van der Waals surface area contributed by atoms with Crippen LogP contribution < -0.4 is 15.8 Å². The predicted molar refractivity (Wildman–Crippen MR) is 84.1 cm³/mol. The Morgan fingerprint density at radius 3 is 2.35 bits per heavy atom. The first kappa shape index (κ1) is 21.5. The maximum Gasteiger partial charge on any atom is 0.416 e. The van der Waals surface area contributed by atoms with Gasteiger partial charge >= 0.3 is 6.18 Å². The minimum atomic E-state index is -4.61. The Labute approximate surface area is 138 Å². The van der Waals surface area contributed by atoms with Crippen LogP contribution >= 0.6 is 12.4 Å². The van der Waals surface area contributed by atoms with Crippen molar-refractivity contribution in [3.8, 4) is 0 Å². The summed E-state index contributed by atoms with van der Waals surface area (Å²) in [4.78, 5) is 11.6. The van der Waals surface area contributed by atoms with Gasteiger partial charge in [-0.25, -0.2) is 8.42 Å². The van der Waals surface area contributed by atoms with Gasteiger partial charge in [-0.05, 0) is 31.2 Å². The van der Waals surface area contributed by atoms with Crippen LogP contribution in [-0.2, 0) is 21.0 Å². The fourth-order valence-corrected chi connectivity index (χ4v) is 2.17. The highest BCUT2D eigenvalue weighted by Gasteiger charge is 2.31. The molecule has 0 spiro atoms. The van der Waals surface area contributed by atoms with E-state index >= 15 is 0 Å². The van der Waals surface area contributed by atoms with Crippen LogP contribution in [0.4, 0.5) is 24.5 Å². The van der Waals surface area contributed by atoms with E-state index in [9.17, 15) is 26.4 Å². The molecule has 1 rings (SSSR count). The molecule has 0 aliphatic rings. The van der Waals surface area contributed by atoms with Gasteiger partial charge in [-0.3, -0.25) is 9.52 Å². The number of sulfonamides is 1. The summed E-state index contributed by atoms with van der Waals surface area (Å²) in [7, 11) is -3.70. The van der Waals surface area contributed by atoms with Gasteiger partial charge in [-0.2, -0.15) is 13.2 Å². The number of nitrogens with two attached hydrogens (primary N) is 1. The molecule has 0 aliphatic heterocycles. The molecule has 0 aromatic heterocycles. The number of benzene rings is 1. The Bertz CT molecular complexity index is 651. The topological polar surface area (TPSA) is 101 Å². The fourth-order valence-electron chi connectivity index (χ4n) is 1.59. The van der Waals surface area contributed by atoms with Crippen LogP contribution in [0.3, 0.4) is 0 Å². The molecule has 4 N–H and O–H groups in total. The lowest BCUT2D eigenvalue weighted by Gasteiger charge is -2.15. The summed E-state index contributed by atoms with van der Waals surface area (Å²) in [5.74, 6) is -0.554. The van der Waals surface area contributed by atoms with E-state index in [1.807, 2.05) is 0 Å². The molecule has 0 unspecified atom stereocenters. The van der Waals surface area contributed by atoms with Gasteiger partial charge in [0.2, 0.25) is 15.9 Å². The Kier molecular flexibility index (Phi) is 7.81. The van der Waals surface area contributed by atoms with Crippen molar-refractivity contribution in [2.24, 2.45) is 5.73 Å². The fraction of sp³-hybridized carbons (Fsp3) is 0.417. The molecule has 0 bridgehead atoms. The quantitative estimate of drug-likeness (QED) is 0.709. The lowest BCUT2D eigenvalue weighted by molar-refractivity contribution is -0.137. The molecule has 0 fully saturated rings. The summed E-state index contributed by atoms with van der Waals surface area (Å²) >= 11 is 0. The van der Waals surface area contributed by atoms with Gasteiger partial charge < -0.3 is 11.1 Å². The molecule has 0 saturated heterocycles. The highest BCUT2D eigenvalue weighted by atomic mass is 35.5. The molecule has 0 atom stereocenters. The third-order valence-electron chi connectivity index (χ3n) is 2.52. The normalized spacial score (nSPS) is 11.5. The van der Waals surface area contributed by atoms with Crippen molar-refractivity contribution in [3.05, 3.63) is 23.8 Å². The van der Waals surface area contributed by atoms with Gasteiger partial charge in [0, 0.05) is 6.42 Å². The molecule has 1 amide bonds. The minimum absolute atomic E-state index is 0. The molecule has 0 radical (unpaired) electrons. The summed E-state index contributed by atoms with van der Waals surface area (Å²) in [5.41, 5.74) is 3.84. The molecular formula is C12H17ClF3N3O3S. The van der Waals surface area contributed by atoms with E-state index in [1.165, 1.54) is 0 Å². The Balaban J connectivity index is 0.00000484. The van der Waals surface area contributed by atoms with Crippen LogP contribution in [0.25, 0.3) is 0 Å². The van der Waals surface area contributed by atoms with Crippen molar-refractivity contribution in [1.29, 1.82) is 0 Å². The molecule has 23 heavy (non-hydrogen) atoms. The second-order valence-corrected chi connectivity index (χ2v) is 6.32. The molecule has 0 heterocycles. The smallest absolute Gasteiger partial charge is 0.330 e. The third kappa shape index (κ3) is 7.53. The standard InChI is InChI=1S/C12H16F3N3O3S.ClH/c1-22(20,21)18-9-5-4-8(12(13,14)15)7-10(9)17-11(19)3-2-6-16;/h4-5,7,18H,2-3,6,16H2,1H3,(H,17,19);1H. The summed E-state index contributed by atoms with van der Waals surface area (Å²) in [6.07, 6.45) is -3.38. The van der Waals surface area contributed by atoms with Gasteiger partial charge in [0.25, 0.3) is 0 Å². The number of anilines is 2. The Morgan fingerprint density at radius 2 is 1.87 bits per heavy atom. The summed E-state index contributed by atoms with van der Waals surface area (Å²) in [6.45, 7) is 0.254. The first-order chi connectivity index (χ1) is 10.0. The number of rotatable bonds is 6. The molecule has 1 aromatic rings. The van der Waals surface area contributed by atoms with Crippen LogP contribution in [0.15, 0.2) is 18.2 Å². The van der Waals surface area contributed by atoms with Gasteiger partial charge in [0.1, 0.15) is 0 Å². The lowest BCUT2D eigenvalue weighted by Crippen LogP contribution is -2.17. The number of halogens is 4. The van der Waals surface area contributed by atoms with Crippen LogP contribution in [0.5, 0.6) is 0 Å². The SMILES string of the molecule is CS(=O)(=O)Nc1ccc(C(F)(F)F)cc1NC(=O)CCCN.Cl. The molecule has 132 valence electrons.